The summed E-state index contributed by atoms with van der Waals surface area (Å²) in [5.41, 5.74) is 0.465. The minimum Gasteiger partial charge on any atom is -0.373 e. The smallest absolute Gasteiger partial charge is 0.270 e. The maximum Gasteiger partial charge on any atom is 0.270 e. The van der Waals surface area contributed by atoms with Crippen molar-refractivity contribution in [1.29, 1.82) is 0 Å². The van der Waals surface area contributed by atoms with Gasteiger partial charge in [-0.05, 0) is 31.5 Å². The van der Waals surface area contributed by atoms with E-state index < -0.39 is 0 Å². The van der Waals surface area contributed by atoms with Crippen LogP contribution in [0.5, 0.6) is 0 Å². The monoisotopic (exact) mass is 284 g/mol. The van der Waals surface area contributed by atoms with Crippen LogP contribution in [0.3, 0.4) is 0 Å². The molecular weight excluding hydrogens is 264 g/mol. The lowest BCUT2D eigenvalue weighted by atomic mass is 10.1. The highest BCUT2D eigenvalue weighted by Gasteiger charge is 2.22. The molecule has 2 aromatic rings. The van der Waals surface area contributed by atoms with Gasteiger partial charge in [0.15, 0.2) is 0 Å². The summed E-state index contributed by atoms with van der Waals surface area (Å²) in [5, 5.41) is 8.18. The predicted molar refractivity (Wildman–Crippen MR) is 84.7 cm³/mol. The van der Waals surface area contributed by atoms with E-state index >= 15 is 0 Å². The number of carbonyl (C=O) groups excluding carboxylic acids is 1. The van der Waals surface area contributed by atoms with E-state index in [2.05, 4.69) is 27.6 Å². The van der Waals surface area contributed by atoms with E-state index in [9.17, 15) is 4.79 Å². The number of nitrogens with zero attached hydrogens (tertiary/aromatic N) is 2. The zero-order valence-electron chi connectivity index (χ0n) is 12.4. The Labute approximate surface area is 124 Å². The predicted octanol–water partition coefficient (Wildman–Crippen LogP) is 1.71. The van der Waals surface area contributed by atoms with Crippen molar-refractivity contribution in [1.82, 2.24) is 15.2 Å². The van der Waals surface area contributed by atoms with Crippen LogP contribution in [0.2, 0.25) is 0 Å². The molecule has 3 rings (SSSR count). The number of hydrogen-bond donors (Lipinski definition) is 2. The number of amides is 1. The third-order valence-corrected chi connectivity index (χ3v) is 3.94. The van der Waals surface area contributed by atoms with Crippen molar-refractivity contribution >= 4 is 22.5 Å². The molecule has 1 saturated heterocycles. The van der Waals surface area contributed by atoms with Gasteiger partial charge >= 0.3 is 0 Å². The van der Waals surface area contributed by atoms with Crippen LogP contribution < -0.4 is 10.6 Å². The molecular formula is C16H20N4O. The Bertz CT molecular complexity index is 670. The second-order valence-corrected chi connectivity index (χ2v) is 5.55. The summed E-state index contributed by atoms with van der Waals surface area (Å²) in [7, 11) is 3.89. The third kappa shape index (κ3) is 2.83. The van der Waals surface area contributed by atoms with Crippen molar-refractivity contribution in [2.24, 2.45) is 0 Å². The van der Waals surface area contributed by atoms with E-state index in [1.54, 1.807) is 0 Å². The van der Waals surface area contributed by atoms with Crippen molar-refractivity contribution in [3.05, 3.63) is 36.0 Å². The van der Waals surface area contributed by atoms with Crippen molar-refractivity contribution in [2.75, 3.05) is 32.5 Å². The fourth-order valence-electron chi connectivity index (χ4n) is 2.82. The van der Waals surface area contributed by atoms with Gasteiger partial charge in [-0.15, -0.1) is 0 Å². The number of nitrogens with one attached hydrogen (secondary N) is 2. The Balaban J connectivity index is 1.87. The molecule has 1 aromatic carbocycles. The second-order valence-electron chi connectivity index (χ2n) is 5.55. The molecule has 0 saturated carbocycles. The van der Waals surface area contributed by atoms with Crippen molar-refractivity contribution in [2.45, 2.75) is 12.5 Å². The molecule has 5 nitrogen and oxygen atoms in total. The van der Waals surface area contributed by atoms with E-state index in [1.165, 1.54) is 0 Å². The molecule has 110 valence electrons. The third-order valence-electron chi connectivity index (χ3n) is 3.94. The first-order valence-electron chi connectivity index (χ1n) is 7.24. The van der Waals surface area contributed by atoms with Crippen LogP contribution >= 0.6 is 0 Å². The number of aromatic nitrogens is 1. The molecule has 5 heteroatoms. The van der Waals surface area contributed by atoms with Crippen LogP contribution in [-0.4, -0.2) is 49.0 Å². The molecule has 1 aromatic heterocycles. The number of anilines is 1. The Hall–Kier alpha value is -2.14. The molecule has 1 aliphatic heterocycles. The fourth-order valence-corrected chi connectivity index (χ4v) is 2.82. The molecule has 21 heavy (non-hydrogen) atoms. The van der Waals surface area contributed by atoms with Crippen molar-refractivity contribution in [3.8, 4) is 0 Å². The summed E-state index contributed by atoms with van der Waals surface area (Å²) >= 11 is 0. The summed E-state index contributed by atoms with van der Waals surface area (Å²) in [6.45, 7) is 1.93. The van der Waals surface area contributed by atoms with Gasteiger partial charge in [0.2, 0.25) is 0 Å². The SMILES string of the molecule is CNc1nc(C(=O)NC2CCN(C)C2)cc2ccccc12. The highest BCUT2D eigenvalue weighted by atomic mass is 16.2. The Morgan fingerprint density at radius 2 is 2.19 bits per heavy atom. The first-order chi connectivity index (χ1) is 10.2. The fraction of sp³-hybridized carbons (Fsp3) is 0.375. The van der Waals surface area contributed by atoms with E-state index in [4.69, 9.17) is 0 Å². The Morgan fingerprint density at radius 1 is 1.38 bits per heavy atom. The maximum atomic E-state index is 12.4. The highest BCUT2D eigenvalue weighted by molar-refractivity contribution is 6.00. The zero-order chi connectivity index (χ0) is 14.8. The van der Waals surface area contributed by atoms with Gasteiger partial charge in [-0.1, -0.05) is 24.3 Å². The van der Waals surface area contributed by atoms with E-state index in [-0.39, 0.29) is 11.9 Å². The Morgan fingerprint density at radius 3 is 2.90 bits per heavy atom. The molecule has 0 aliphatic carbocycles. The van der Waals surface area contributed by atoms with Crippen LogP contribution in [0.1, 0.15) is 16.9 Å². The quantitative estimate of drug-likeness (QED) is 0.901. The van der Waals surface area contributed by atoms with Gasteiger partial charge in [0.1, 0.15) is 11.5 Å². The summed E-state index contributed by atoms with van der Waals surface area (Å²) in [6.07, 6.45) is 0.995. The lowest BCUT2D eigenvalue weighted by Gasteiger charge is -2.14. The minimum atomic E-state index is -0.0995. The summed E-state index contributed by atoms with van der Waals surface area (Å²) in [4.78, 5) is 19.1. The van der Waals surface area contributed by atoms with Crippen molar-refractivity contribution in [3.63, 3.8) is 0 Å². The largest absolute Gasteiger partial charge is 0.373 e. The van der Waals surface area contributed by atoms with Crippen LogP contribution in [0, 0.1) is 0 Å². The van der Waals surface area contributed by atoms with Gasteiger partial charge in [-0.2, -0.15) is 0 Å². The molecule has 0 bridgehead atoms. The topological polar surface area (TPSA) is 57.3 Å². The molecule has 0 spiro atoms. The Kier molecular flexibility index (Phi) is 3.75. The number of pyridine rings is 1. The first-order valence-corrected chi connectivity index (χ1v) is 7.24. The highest BCUT2D eigenvalue weighted by Crippen LogP contribution is 2.22. The maximum absolute atomic E-state index is 12.4. The normalized spacial score (nSPS) is 18.9. The summed E-state index contributed by atoms with van der Waals surface area (Å²) in [6, 6.07) is 10.0. The average molecular weight is 284 g/mol. The van der Waals surface area contributed by atoms with Crippen LogP contribution in [0.25, 0.3) is 10.8 Å². The number of likely N-dealkylation sites (tertiary alicyclic amines) is 1. The summed E-state index contributed by atoms with van der Waals surface area (Å²) < 4.78 is 0. The molecule has 2 N–H and O–H groups in total. The van der Waals surface area contributed by atoms with Gasteiger partial charge in [0, 0.05) is 25.0 Å². The standard InChI is InChI=1S/C16H20N4O/c1-17-15-13-6-4-3-5-11(13)9-14(19-15)16(21)18-12-7-8-20(2)10-12/h3-6,9,12H,7-8,10H2,1-2H3,(H,17,19)(H,18,21). The van der Waals surface area contributed by atoms with Gasteiger partial charge < -0.3 is 15.5 Å². The molecule has 1 fully saturated rings. The number of likely N-dealkylation sites (N-methyl/N-ethyl adjacent to an activating group) is 1. The van der Waals surface area contributed by atoms with E-state index in [0.29, 0.717) is 5.69 Å². The van der Waals surface area contributed by atoms with Crippen molar-refractivity contribution < 1.29 is 4.79 Å². The molecule has 1 atom stereocenters. The molecule has 1 amide bonds. The first kappa shape index (κ1) is 13.8. The number of rotatable bonds is 3. The number of fused-ring (bicyclic) bond motifs is 1. The lowest BCUT2D eigenvalue weighted by molar-refractivity contribution is 0.0933. The van der Waals surface area contributed by atoms with E-state index in [1.807, 2.05) is 37.4 Å². The second kappa shape index (κ2) is 5.69. The number of carbonyl (C=O) groups is 1. The molecule has 1 unspecified atom stereocenters. The van der Waals surface area contributed by atoms with Crippen LogP contribution in [0.15, 0.2) is 30.3 Å². The number of benzene rings is 1. The van der Waals surface area contributed by atoms with Gasteiger partial charge in [0.05, 0.1) is 0 Å². The lowest BCUT2D eigenvalue weighted by Crippen LogP contribution is -2.36. The minimum absolute atomic E-state index is 0.0995. The molecule has 1 aliphatic rings. The average Bonchev–Trinajstić information content (AvgIpc) is 2.91. The molecule has 2 heterocycles. The van der Waals surface area contributed by atoms with Crippen LogP contribution in [0.4, 0.5) is 5.82 Å². The van der Waals surface area contributed by atoms with Crippen LogP contribution in [-0.2, 0) is 0 Å². The zero-order valence-corrected chi connectivity index (χ0v) is 12.4. The molecule has 0 radical (unpaired) electrons. The van der Waals surface area contributed by atoms with Gasteiger partial charge in [-0.3, -0.25) is 4.79 Å². The number of hydrogen-bond acceptors (Lipinski definition) is 4. The summed E-state index contributed by atoms with van der Waals surface area (Å²) in [5.74, 6) is 0.638. The van der Waals surface area contributed by atoms with Gasteiger partial charge in [0.25, 0.3) is 5.91 Å². The van der Waals surface area contributed by atoms with E-state index in [0.717, 1.165) is 36.1 Å². The van der Waals surface area contributed by atoms with Gasteiger partial charge in [-0.25, -0.2) is 4.98 Å².